The number of fused-ring (bicyclic) bond motifs is 1. The minimum Gasteiger partial charge on any atom is -0.448 e. The van der Waals surface area contributed by atoms with Crippen LogP contribution in [0.1, 0.15) is 65.6 Å². The van der Waals surface area contributed by atoms with E-state index in [1.54, 1.807) is 6.92 Å². The van der Waals surface area contributed by atoms with Crippen LogP contribution in [-0.4, -0.2) is 24.0 Å². The number of ether oxygens (including phenoxy) is 1. The van der Waals surface area contributed by atoms with Gasteiger partial charge in [-0.3, -0.25) is 4.79 Å². The number of hydrogen-bond acceptors (Lipinski definition) is 4. The Bertz CT molecular complexity index is 537. The van der Waals surface area contributed by atoms with Gasteiger partial charge in [0, 0.05) is 10.9 Å². The van der Waals surface area contributed by atoms with Crippen molar-refractivity contribution in [2.45, 2.75) is 70.4 Å². The van der Waals surface area contributed by atoms with Crippen LogP contribution in [0.2, 0.25) is 0 Å². The van der Waals surface area contributed by atoms with Crippen molar-refractivity contribution in [1.82, 2.24) is 5.32 Å². The van der Waals surface area contributed by atoms with Gasteiger partial charge in [0.25, 0.3) is 5.91 Å². The summed E-state index contributed by atoms with van der Waals surface area (Å²) in [5, 5.41) is 2.86. The number of aryl methyl sites for hydroxylation is 2. The van der Waals surface area contributed by atoms with Crippen molar-refractivity contribution >= 4 is 23.2 Å². The van der Waals surface area contributed by atoms with Gasteiger partial charge >= 0.3 is 5.97 Å². The normalized spacial score (nSPS) is 19.5. The van der Waals surface area contributed by atoms with Crippen LogP contribution in [0.3, 0.4) is 0 Å². The van der Waals surface area contributed by atoms with Crippen LogP contribution >= 0.6 is 11.3 Å². The van der Waals surface area contributed by atoms with Gasteiger partial charge in [0.2, 0.25) is 0 Å². The predicted octanol–water partition coefficient (Wildman–Crippen LogP) is 3.23. The molecular weight excluding hydrogens is 298 g/mol. The van der Waals surface area contributed by atoms with E-state index in [1.807, 2.05) is 6.07 Å². The molecule has 1 aromatic heterocycles. The van der Waals surface area contributed by atoms with Gasteiger partial charge in [-0.1, -0.05) is 12.8 Å². The van der Waals surface area contributed by atoms with Crippen LogP contribution in [0.15, 0.2) is 6.07 Å². The number of hydrogen-bond donors (Lipinski definition) is 1. The Morgan fingerprint density at radius 2 is 1.95 bits per heavy atom. The van der Waals surface area contributed by atoms with Gasteiger partial charge in [0.1, 0.15) is 4.88 Å². The Hall–Kier alpha value is -1.36. The number of amides is 1. The Kier molecular flexibility index (Phi) is 4.81. The van der Waals surface area contributed by atoms with Gasteiger partial charge in [-0.05, 0) is 57.1 Å². The molecule has 4 nitrogen and oxygen atoms in total. The SMILES string of the molecule is CC(OC(=O)c1cc2c(s1)CCCCCC2)C(=O)NC1CC1. The first-order valence-corrected chi connectivity index (χ1v) is 9.08. The molecule has 1 saturated carbocycles. The monoisotopic (exact) mass is 321 g/mol. The Labute approximate surface area is 135 Å². The first-order chi connectivity index (χ1) is 10.6. The molecule has 2 aliphatic rings. The summed E-state index contributed by atoms with van der Waals surface area (Å²) in [5.41, 5.74) is 1.30. The lowest BCUT2D eigenvalue weighted by Gasteiger charge is -2.12. The molecular formula is C17H23NO3S. The van der Waals surface area contributed by atoms with Crippen LogP contribution < -0.4 is 5.32 Å². The maximum Gasteiger partial charge on any atom is 0.349 e. The third-order valence-electron chi connectivity index (χ3n) is 4.27. The molecule has 0 bridgehead atoms. The van der Waals surface area contributed by atoms with E-state index >= 15 is 0 Å². The summed E-state index contributed by atoms with van der Waals surface area (Å²) in [6, 6.07) is 2.26. The van der Waals surface area contributed by atoms with Crippen LogP contribution in [0.4, 0.5) is 0 Å². The zero-order valence-corrected chi connectivity index (χ0v) is 13.8. The summed E-state index contributed by atoms with van der Waals surface area (Å²) < 4.78 is 5.33. The van der Waals surface area contributed by atoms with Crippen molar-refractivity contribution in [3.8, 4) is 0 Å². The quantitative estimate of drug-likeness (QED) is 0.866. The van der Waals surface area contributed by atoms with Gasteiger partial charge in [0.15, 0.2) is 6.10 Å². The molecule has 0 saturated heterocycles. The Morgan fingerprint density at radius 3 is 2.68 bits per heavy atom. The summed E-state index contributed by atoms with van der Waals surface area (Å²) in [5.74, 6) is -0.555. The molecule has 1 fully saturated rings. The van der Waals surface area contributed by atoms with Gasteiger partial charge in [-0.2, -0.15) is 0 Å². The van der Waals surface area contributed by atoms with E-state index in [9.17, 15) is 9.59 Å². The van der Waals surface area contributed by atoms with Crippen molar-refractivity contribution in [2.24, 2.45) is 0 Å². The highest BCUT2D eigenvalue weighted by Gasteiger charge is 2.28. The fourth-order valence-corrected chi connectivity index (χ4v) is 3.90. The molecule has 0 spiro atoms. The molecule has 0 aliphatic heterocycles. The molecule has 1 amide bonds. The van der Waals surface area contributed by atoms with Gasteiger partial charge < -0.3 is 10.1 Å². The van der Waals surface area contributed by atoms with E-state index in [0.29, 0.717) is 4.88 Å². The fraction of sp³-hybridized carbons (Fsp3) is 0.647. The number of carbonyl (C=O) groups excluding carboxylic acids is 2. The molecule has 1 unspecified atom stereocenters. The van der Waals surface area contributed by atoms with Crippen LogP contribution in [0, 0.1) is 0 Å². The van der Waals surface area contributed by atoms with E-state index in [-0.39, 0.29) is 17.9 Å². The van der Waals surface area contributed by atoms with Crippen LogP contribution in [-0.2, 0) is 22.4 Å². The molecule has 5 heteroatoms. The van der Waals surface area contributed by atoms with Crippen molar-refractivity contribution in [3.05, 3.63) is 21.4 Å². The first-order valence-electron chi connectivity index (χ1n) is 8.26. The lowest BCUT2D eigenvalue weighted by atomic mass is 10.00. The Balaban J connectivity index is 1.61. The number of rotatable bonds is 4. The zero-order chi connectivity index (χ0) is 15.5. The second kappa shape index (κ2) is 6.82. The van der Waals surface area contributed by atoms with E-state index < -0.39 is 6.10 Å². The third-order valence-corrected chi connectivity index (χ3v) is 5.49. The van der Waals surface area contributed by atoms with Crippen molar-refractivity contribution in [3.63, 3.8) is 0 Å². The molecule has 1 aromatic rings. The van der Waals surface area contributed by atoms with E-state index in [0.717, 1.165) is 25.7 Å². The summed E-state index contributed by atoms with van der Waals surface area (Å²) in [6.45, 7) is 1.64. The number of thiophene rings is 1. The maximum absolute atomic E-state index is 12.3. The van der Waals surface area contributed by atoms with Crippen LogP contribution in [0.5, 0.6) is 0 Å². The van der Waals surface area contributed by atoms with Gasteiger partial charge in [-0.25, -0.2) is 4.79 Å². The highest BCUT2D eigenvalue weighted by Crippen LogP contribution is 2.29. The molecule has 22 heavy (non-hydrogen) atoms. The molecule has 1 N–H and O–H groups in total. The maximum atomic E-state index is 12.3. The lowest BCUT2D eigenvalue weighted by molar-refractivity contribution is -0.129. The summed E-state index contributed by atoms with van der Waals surface area (Å²) in [7, 11) is 0. The highest BCUT2D eigenvalue weighted by atomic mass is 32.1. The molecule has 1 heterocycles. The zero-order valence-electron chi connectivity index (χ0n) is 13.0. The summed E-state index contributed by atoms with van der Waals surface area (Å²) >= 11 is 1.54. The standard InChI is InChI=1S/C17H23NO3S/c1-11(16(19)18-13-8-9-13)21-17(20)15-10-12-6-4-2-3-5-7-14(12)22-15/h10-11,13H,2-9H2,1H3,(H,18,19). The van der Waals surface area contributed by atoms with Gasteiger partial charge in [0.05, 0.1) is 0 Å². The first kappa shape index (κ1) is 15.5. The molecule has 0 radical (unpaired) electrons. The average molecular weight is 321 g/mol. The fourth-order valence-electron chi connectivity index (χ4n) is 2.76. The van der Waals surface area contributed by atoms with E-state index in [4.69, 9.17) is 4.74 Å². The molecule has 3 rings (SSSR count). The third kappa shape index (κ3) is 3.88. The number of esters is 1. The largest absolute Gasteiger partial charge is 0.448 e. The van der Waals surface area contributed by atoms with Crippen molar-refractivity contribution in [2.75, 3.05) is 0 Å². The van der Waals surface area contributed by atoms with Gasteiger partial charge in [-0.15, -0.1) is 11.3 Å². The van der Waals surface area contributed by atoms with E-state index in [2.05, 4.69) is 5.32 Å². The summed E-state index contributed by atoms with van der Waals surface area (Å²) in [6.07, 6.45) is 8.39. The number of carbonyl (C=O) groups is 2. The minimum absolute atomic E-state index is 0.189. The molecule has 2 aliphatic carbocycles. The number of nitrogens with one attached hydrogen (secondary N) is 1. The Morgan fingerprint density at radius 1 is 1.23 bits per heavy atom. The smallest absolute Gasteiger partial charge is 0.349 e. The minimum atomic E-state index is -0.724. The molecule has 120 valence electrons. The topological polar surface area (TPSA) is 55.4 Å². The predicted molar refractivity (Wildman–Crippen MR) is 86.2 cm³/mol. The average Bonchev–Trinajstić information content (AvgIpc) is 3.19. The van der Waals surface area contributed by atoms with Crippen molar-refractivity contribution < 1.29 is 14.3 Å². The van der Waals surface area contributed by atoms with Crippen LogP contribution in [0.25, 0.3) is 0 Å². The molecule has 0 aromatic carbocycles. The molecule has 1 atom stereocenters. The van der Waals surface area contributed by atoms with E-state index in [1.165, 1.54) is 47.5 Å². The van der Waals surface area contributed by atoms with Crippen molar-refractivity contribution in [1.29, 1.82) is 0 Å². The second-order valence-electron chi connectivity index (χ2n) is 6.30. The summed E-state index contributed by atoms with van der Waals surface area (Å²) in [4.78, 5) is 26.1. The lowest BCUT2D eigenvalue weighted by Crippen LogP contribution is -2.36. The highest BCUT2D eigenvalue weighted by molar-refractivity contribution is 7.14. The second-order valence-corrected chi connectivity index (χ2v) is 7.44.